The van der Waals surface area contributed by atoms with Crippen LogP contribution in [0.2, 0.25) is 0 Å². The molecule has 0 saturated carbocycles. The van der Waals surface area contributed by atoms with Gasteiger partial charge in [-0.2, -0.15) is 0 Å². The van der Waals surface area contributed by atoms with Crippen LogP contribution in [0, 0.1) is 0 Å². The number of methoxy groups -OCH3 is 1. The normalized spacial score (nSPS) is 16.9. The first kappa shape index (κ1) is 16.6. The molecule has 1 aliphatic rings. The van der Waals surface area contributed by atoms with Gasteiger partial charge in [0.25, 0.3) is 5.91 Å². The Morgan fingerprint density at radius 3 is 2.25 bits per heavy atom. The van der Waals surface area contributed by atoms with Gasteiger partial charge in [0, 0.05) is 23.4 Å². The summed E-state index contributed by atoms with van der Waals surface area (Å²) in [5, 5.41) is 0.0101. The van der Waals surface area contributed by atoms with Crippen molar-refractivity contribution in [2.75, 3.05) is 19.4 Å². The van der Waals surface area contributed by atoms with Crippen LogP contribution in [0.15, 0.2) is 48.5 Å². The highest BCUT2D eigenvalue weighted by Gasteiger charge is 2.31. The first-order valence-electron chi connectivity index (χ1n) is 7.77. The van der Waals surface area contributed by atoms with Gasteiger partial charge < -0.3 is 9.64 Å². The second-order valence-electron chi connectivity index (χ2n) is 5.63. The molecule has 1 amide bonds. The van der Waals surface area contributed by atoms with E-state index >= 15 is 0 Å². The van der Waals surface area contributed by atoms with Crippen molar-refractivity contribution in [3.8, 4) is 5.75 Å². The predicted octanol–water partition coefficient (Wildman–Crippen LogP) is 3.79. The molecule has 3 rings (SSSR count). The molecule has 1 saturated heterocycles. The zero-order chi connectivity index (χ0) is 17.1. The lowest BCUT2D eigenvalue weighted by molar-refractivity contribution is 0.0760. The van der Waals surface area contributed by atoms with Gasteiger partial charge in [0.1, 0.15) is 11.1 Å². The van der Waals surface area contributed by atoms with Crippen LogP contribution in [-0.4, -0.2) is 36.0 Å². The molecule has 2 aromatic rings. The number of rotatable bonds is 4. The fourth-order valence-corrected chi connectivity index (χ4v) is 3.99. The van der Waals surface area contributed by atoms with Gasteiger partial charge in [-0.25, -0.2) is 0 Å². The molecule has 24 heavy (non-hydrogen) atoms. The number of Topliss-reactive ketones (excluding diaryl/α,β-unsaturated/α-hetero) is 1. The first-order valence-corrected chi connectivity index (χ1v) is 8.82. The van der Waals surface area contributed by atoms with E-state index in [0.717, 1.165) is 17.1 Å². The number of thioether (sulfide) groups is 1. The van der Waals surface area contributed by atoms with Gasteiger partial charge in [0.15, 0.2) is 5.78 Å². The van der Waals surface area contributed by atoms with Crippen LogP contribution in [0.3, 0.4) is 0 Å². The SMILES string of the molecule is COc1ccc(C2SCCN2C(=O)c2ccc(C(C)=O)cc2)cc1. The molecule has 1 aliphatic heterocycles. The van der Waals surface area contributed by atoms with Crippen LogP contribution in [0.25, 0.3) is 0 Å². The van der Waals surface area contributed by atoms with E-state index in [1.54, 1.807) is 43.1 Å². The molecule has 1 heterocycles. The molecule has 2 aromatic carbocycles. The van der Waals surface area contributed by atoms with E-state index in [0.29, 0.717) is 17.7 Å². The average molecular weight is 341 g/mol. The lowest BCUT2D eigenvalue weighted by Crippen LogP contribution is -2.30. The zero-order valence-corrected chi connectivity index (χ0v) is 14.5. The van der Waals surface area contributed by atoms with Crippen molar-refractivity contribution in [1.29, 1.82) is 0 Å². The number of ketones is 1. The molecule has 0 spiro atoms. The molecule has 1 atom stereocenters. The van der Waals surface area contributed by atoms with Crippen LogP contribution in [-0.2, 0) is 0 Å². The lowest BCUT2D eigenvalue weighted by atomic mass is 10.1. The van der Waals surface area contributed by atoms with E-state index in [1.807, 2.05) is 29.2 Å². The number of benzene rings is 2. The highest BCUT2D eigenvalue weighted by Crippen LogP contribution is 2.39. The van der Waals surface area contributed by atoms with Gasteiger partial charge in [0.05, 0.1) is 7.11 Å². The van der Waals surface area contributed by atoms with E-state index in [9.17, 15) is 9.59 Å². The number of ether oxygens (including phenoxy) is 1. The number of carbonyl (C=O) groups is 2. The number of nitrogens with zero attached hydrogens (tertiary/aromatic N) is 1. The molecule has 0 radical (unpaired) electrons. The minimum atomic E-state index is -0.00378. The standard InChI is InChI=1S/C19H19NO3S/c1-13(21)14-3-5-15(6-4-14)18(22)20-11-12-24-19(20)16-7-9-17(23-2)10-8-16/h3-10,19H,11-12H2,1-2H3. The van der Waals surface area contributed by atoms with Crippen molar-refractivity contribution < 1.29 is 14.3 Å². The largest absolute Gasteiger partial charge is 0.497 e. The Kier molecular flexibility index (Phi) is 4.90. The molecular formula is C19H19NO3S. The van der Waals surface area contributed by atoms with Gasteiger partial charge in [0.2, 0.25) is 0 Å². The van der Waals surface area contributed by atoms with Crippen molar-refractivity contribution in [2.24, 2.45) is 0 Å². The Morgan fingerprint density at radius 2 is 1.67 bits per heavy atom. The maximum atomic E-state index is 12.8. The monoisotopic (exact) mass is 341 g/mol. The summed E-state index contributed by atoms with van der Waals surface area (Å²) < 4.78 is 5.19. The van der Waals surface area contributed by atoms with E-state index in [1.165, 1.54) is 6.92 Å². The van der Waals surface area contributed by atoms with Gasteiger partial charge in [-0.1, -0.05) is 24.3 Å². The maximum Gasteiger partial charge on any atom is 0.255 e. The van der Waals surface area contributed by atoms with E-state index in [4.69, 9.17) is 4.74 Å². The number of amides is 1. The van der Waals surface area contributed by atoms with Gasteiger partial charge in [-0.05, 0) is 36.8 Å². The number of hydrogen-bond acceptors (Lipinski definition) is 4. The van der Waals surface area contributed by atoms with Crippen LogP contribution >= 0.6 is 11.8 Å². The molecule has 5 heteroatoms. The van der Waals surface area contributed by atoms with Crippen LogP contribution in [0.1, 0.15) is 38.6 Å². The Bertz CT molecular complexity index is 740. The average Bonchev–Trinajstić information content (AvgIpc) is 3.11. The van der Waals surface area contributed by atoms with Crippen LogP contribution in [0.4, 0.5) is 0 Å². The minimum Gasteiger partial charge on any atom is -0.497 e. The maximum absolute atomic E-state index is 12.8. The summed E-state index contributed by atoms with van der Waals surface area (Å²) in [7, 11) is 1.64. The minimum absolute atomic E-state index is 0.00170. The Labute approximate surface area is 145 Å². The van der Waals surface area contributed by atoms with E-state index in [-0.39, 0.29) is 17.1 Å². The fraction of sp³-hybridized carbons (Fsp3) is 0.263. The summed E-state index contributed by atoms with van der Waals surface area (Å²) in [5.41, 5.74) is 2.32. The first-order chi connectivity index (χ1) is 11.6. The van der Waals surface area contributed by atoms with Crippen molar-refractivity contribution >= 4 is 23.5 Å². The van der Waals surface area contributed by atoms with Crippen molar-refractivity contribution in [3.63, 3.8) is 0 Å². The smallest absolute Gasteiger partial charge is 0.255 e. The highest BCUT2D eigenvalue weighted by molar-refractivity contribution is 7.99. The van der Waals surface area contributed by atoms with Crippen LogP contribution < -0.4 is 4.74 Å². The van der Waals surface area contributed by atoms with Crippen molar-refractivity contribution in [3.05, 3.63) is 65.2 Å². The third-order valence-electron chi connectivity index (χ3n) is 4.09. The van der Waals surface area contributed by atoms with E-state index < -0.39 is 0 Å². The number of carbonyl (C=O) groups excluding carboxylic acids is 2. The van der Waals surface area contributed by atoms with Gasteiger partial charge in [-0.15, -0.1) is 11.8 Å². The molecule has 1 unspecified atom stereocenters. The second kappa shape index (κ2) is 7.09. The molecule has 0 aliphatic carbocycles. The summed E-state index contributed by atoms with van der Waals surface area (Å²) >= 11 is 1.76. The molecular weight excluding hydrogens is 322 g/mol. The molecule has 4 nitrogen and oxygen atoms in total. The molecule has 1 fully saturated rings. The van der Waals surface area contributed by atoms with Crippen LogP contribution in [0.5, 0.6) is 5.75 Å². The summed E-state index contributed by atoms with van der Waals surface area (Å²) in [5.74, 6) is 1.71. The number of hydrogen-bond donors (Lipinski definition) is 0. The van der Waals surface area contributed by atoms with Gasteiger partial charge in [-0.3, -0.25) is 9.59 Å². The Hall–Kier alpha value is -2.27. The van der Waals surface area contributed by atoms with Crippen molar-refractivity contribution in [1.82, 2.24) is 4.90 Å². The molecule has 0 aromatic heterocycles. The topological polar surface area (TPSA) is 46.6 Å². The fourth-order valence-electron chi connectivity index (χ4n) is 2.74. The molecule has 0 N–H and O–H groups in total. The van der Waals surface area contributed by atoms with Gasteiger partial charge >= 0.3 is 0 Å². The summed E-state index contributed by atoms with van der Waals surface area (Å²) in [6.45, 7) is 2.24. The Balaban J connectivity index is 1.81. The van der Waals surface area contributed by atoms with E-state index in [2.05, 4.69) is 0 Å². The van der Waals surface area contributed by atoms with Crippen molar-refractivity contribution in [2.45, 2.75) is 12.3 Å². The summed E-state index contributed by atoms with van der Waals surface area (Å²) in [6, 6.07) is 14.7. The third-order valence-corrected chi connectivity index (χ3v) is 5.35. The third kappa shape index (κ3) is 3.31. The Morgan fingerprint density at radius 1 is 1.04 bits per heavy atom. The quantitative estimate of drug-likeness (QED) is 0.794. The predicted molar refractivity (Wildman–Crippen MR) is 95.7 cm³/mol. The summed E-state index contributed by atoms with van der Waals surface area (Å²) in [4.78, 5) is 26.1. The zero-order valence-electron chi connectivity index (χ0n) is 13.7. The summed E-state index contributed by atoms with van der Waals surface area (Å²) in [6.07, 6.45) is 0. The second-order valence-corrected chi connectivity index (χ2v) is 6.82. The molecule has 124 valence electrons. The molecule has 0 bridgehead atoms. The highest BCUT2D eigenvalue weighted by atomic mass is 32.2. The lowest BCUT2D eigenvalue weighted by Gasteiger charge is -2.24.